The molecule has 1 aliphatic carbocycles. The van der Waals surface area contributed by atoms with Gasteiger partial charge in [0, 0.05) is 37.4 Å². The molecular weight excluding hydrogens is 567 g/mol. The van der Waals surface area contributed by atoms with Crippen molar-refractivity contribution in [3.05, 3.63) is 139 Å². The quantitative estimate of drug-likeness (QED) is 0.200. The van der Waals surface area contributed by atoms with E-state index < -0.39 is 0 Å². The van der Waals surface area contributed by atoms with Crippen LogP contribution in [0.15, 0.2) is 127 Å². The van der Waals surface area contributed by atoms with Crippen molar-refractivity contribution in [3.63, 3.8) is 0 Å². The van der Waals surface area contributed by atoms with Crippen molar-refractivity contribution in [1.82, 2.24) is 14.5 Å². The number of aromatic nitrogens is 3. The van der Waals surface area contributed by atoms with Crippen LogP contribution in [0.25, 0.3) is 81.2 Å². The summed E-state index contributed by atoms with van der Waals surface area (Å²) in [7, 11) is 0. The van der Waals surface area contributed by atoms with Crippen LogP contribution >= 0.6 is 11.3 Å². The second-order valence-electron chi connectivity index (χ2n) is 12.6. The lowest BCUT2D eigenvalue weighted by molar-refractivity contribution is 0.667. The first-order valence-corrected chi connectivity index (χ1v) is 16.3. The highest BCUT2D eigenvalue weighted by atomic mass is 32.1. The molecule has 0 N–H and O–H groups in total. The maximum atomic E-state index is 5.39. The van der Waals surface area contributed by atoms with Crippen LogP contribution in [0.4, 0.5) is 0 Å². The molecule has 0 radical (unpaired) electrons. The predicted molar refractivity (Wildman–Crippen MR) is 190 cm³/mol. The first kappa shape index (κ1) is 25.1. The summed E-state index contributed by atoms with van der Waals surface area (Å²) in [6.07, 6.45) is 0. The van der Waals surface area contributed by atoms with Crippen molar-refractivity contribution in [2.45, 2.75) is 19.3 Å². The number of nitrogens with zero attached hydrogens (tertiary/aromatic N) is 3. The summed E-state index contributed by atoms with van der Waals surface area (Å²) in [6, 6.07) is 45.5. The van der Waals surface area contributed by atoms with Gasteiger partial charge in [0.25, 0.3) is 0 Å². The van der Waals surface area contributed by atoms with Gasteiger partial charge in [-0.2, -0.15) is 0 Å². The Morgan fingerprint density at radius 1 is 0.600 bits per heavy atom. The maximum absolute atomic E-state index is 5.39. The molecule has 10 rings (SSSR count). The van der Waals surface area contributed by atoms with Crippen LogP contribution < -0.4 is 0 Å². The molecule has 0 saturated heterocycles. The fourth-order valence-electron chi connectivity index (χ4n) is 7.84. The minimum absolute atomic E-state index is 0.114. The Kier molecular flexibility index (Phi) is 4.94. The van der Waals surface area contributed by atoms with Gasteiger partial charge in [0.15, 0.2) is 0 Å². The van der Waals surface area contributed by atoms with Gasteiger partial charge in [0.2, 0.25) is 5.95 Å². The van der Waals surface area contributed by atoms with Gasteiger partial charge >= 0.3 is 0 Å². The van der Waals surface area contributed by atoms with E-state index in [0.29, 0.717) is 5.95 Å². The van der Waals surface area contributed by atoms with Crippen molar-refractivity contribution in [2.75, 3.05) is 0 Å². The second kappa shape index (κ2) is 8.87. The highest BCUT2D eigenvalue weighted by molar-refractivity contribution is 7.23. The van der Waals surface area contributed by atoms with E-state index in [-0.39, 0.29) is 5.41 Å². The molecular formula is C41H27N3S. The highest BCUT2D eigenvalue weighted by Gasteiger charge is 2.40. The van der Waals surface area contributed by atoms with Gasteiger partial charge in [-0.1, -0.05) is 129 Å². The van der Waals surface area contributed by atoms with Crippen LogP contribution in [0.3, 0.4) is 0 Å². The van der Waals surface area contributed by atoms with Crippen LogP contribution in [0.2, 0.25) is 0 Å². The third kappa shape index (κ3) is 3.24. The largest absolute Gasteiger partial charge is 0.276 e. The molecule has 3 nitrogen and oxygen atoms in total. The average molecular weight is 594 g/mol. The molecule has 3 heterocycles. The number of fused-ring (bicyclic) bond motifs is 13. The number of thiophene rings is 1. The molecule has 0 amide bonds. The van der Waals surface area contributed by atoms with Crippen molar-refractivity contribution in [2.24, 2.45) is 0 Å². The summed E-state index contributed by atoms with van der Waals surface area (Å²) in [4.78, 5) is 12.0. The van der Waals surface area contributed by atoms with Crippen LogP contribution in [-0.4, -0.2) is 14.5 Å². The molecule has 212 valence electrons. The molecule has 6 aromatic carbocycles. The van der Waals surface area contributed by atoms with E-state index >= 15 is 0 Å². The second-order valence-corrected chi connectivity index (χ2v) is 13.6. The summed E-state index contributed by atoms with van der Waals surface area (Å²) < 4.78 is 3.63. The molecule has 1 aliphatic rings. The van der Waals surface area contributed by atoms with E-state index in [9.17, 15) is 0 Å². The van der Waals surface area contributed by atoms with E-state index in [1.807, 2.05) is 11.3 Å². The SMILES string of the molecule is CC1(C)c2ccccc2-c2sc3c(c21)c1ccccc1c1c2ccccc2n(-c2nc(-c4ccccc4)c4ccccc4n2)c31. The molecule has 4 heteroatoms. The Balaban J connectivity index is 1.44. The number of rotatable bonds is 2. The van der Waals surface area contributed by atoms with Crippen molar-refractivity contribution < 1.29 is 0 Å². The molecule has 0 aliphatic heterocycles. The van der Waals surface area contributed by atoms with Gasteiger partial charge in [-0.3, -0.25) is 4.57 Å². The molecule has 0 saturated carbocycles. The summed E-state index contributed by atoms with van der Waals surface area (Å²) in [5.41, 5.74) is 9.35. The molecule has 0 fully saturated rings. The Labute approximate surface area is 264 Å². The smallest absolute Gasteiger partial charge is 0.235 e. The van der Waals surface area contributed by atoms with Crippen LogP contribution in [0.5, 0.6) is 0 Å². The van der Waals surface area contributed by atoms with Gasteiger partial charge in [0.1, 0.15) is 0 Å². The molecule has 0 bridgehead atoms. The third-order valence-corrected chi connectivity index (χ3v) is 11.0. The molecule has 0 atom stereocenters. The van der Waals surface area contributed by atoms with Gasteiger partial charge in [-0.15, -0.1) is 11.3 Å². The first-order chi connectivity index (χ1) is 22.1. The maximum Gasteiger partial charge on any atom is 0.235 e. The van der Waals surface area contributed by atoms with Gasteiger partial charge in [-0.05, 0) is 39.6 Å². The van der Waals surface area contributed by atoms with Gasteiger partial charge in [0.05, 0.1) is 26.9 Å². The lowest BCUT2D eigenvalue weighted by Gasteiger charge is -2.22. The summed E-state index contributed by atoms with van der Waals surface area (Å²) >= 11 is 1.93. The van der Waals surface area contributed by atoms with E-state index in [4.69, 9.17) is 9.97 Å². The zero-order valence-corrected chi connectivity index (χ0v) is 25.7. The number of para-hydroxylation sites is 2. The summed E-state index contributed by atoms with van der Waals surface area (Å²) in [6.45, 7) is 4.77. The summed E-state index contributed by atoms with van der Waals surface area (Å²) in [5, 5.41) is 7.47. The van der Waals surface area contributed by atoms with E-state index in [2.05, 4.69) is 146 Å². The molecule has 0 spiro atoms. The Morgan fingerprint density at radius 3 is 2.07 bits per heavy atom. The zero-order valence-electron chi connectivity index (χ0n) is 24.9. The number of hydrogen-bond acceptors (Lipinski definition) is 3. The number of benzene rings is 6. The van der Waals surface area contributed by atoms with E-state index in [1.165, 1.54) is 58.7 Å². The summed E-state index contributed by atoms with van der Waals surface area (Å²) in [5.74, 6) is 0.698. The third-order valence-electron chi connectivity index (χ3n) is 9.77. The first-order valence-electron chi connectivity index (χ1n) is 15.4. The predicted octanol–water partition coefficient (Wildman–Crippen LogP) is 11.1. The van der Waals surface area contributed by atoms with Crippen molar-refractivity contribution in [1.29, 1.82) is 0 Å². The highest BCUT2D eigenvalue weighted by Crippen LogP contribution is 2.58. The normalized spacial score (nSPS) is 13.7. The van der Waals surface area contributed by atoms with Gasteiger partial charge < -0.3 is 0 Å². The molecule has 9 aromatic rings. The van der Waals surface area contributed by atoms with E-state index in [0.717, 1.165) is 27.7 Å². The monoisotopic (exact) mass is 593 g/mol. The molecule has 45 heavy (non-hydrogen) atoms. The fraction of sp³-hybridized carbons (Fsp3) is 0.0732. The van der Waals surface area contributed by atoms with Gasteiger partial charge in [-0.25, -0.2) is 9.97 Å². The van der Waals surface area contributed by atoms with Crippen molar-refractivity contribution >= 4 is 64.9 Å². The minimum Gasteiger partial charge on any atom is -0.276 e. The topological polar surface area (TPSA) is 30.7 Å². The van der Waals surface area contributed by atoms with Crippen LogP contribution in [0, 0.1) is 0 Å². The fourth-order valence-corrected chi connectivity index (χ4v) is 9.39. The molecule has 0 unspecified atom stereocenters. The van der Waals surface area contributed by atoms with E-state index in [1.54, 1.807) is 0 Å². The Bertz CT molecular complexity index is 2680. The minimum atomic E-state index is -0.114. The Morgan fingerprint density at radius 2 is 1.24 bits per heavy atom. The zero-order chi connectivity index (χ0) is 29.9. The van der Waals surface area contributed by atoms with Crippen LogP contribution in [-0.2, 0) is 5.41 Å². The lowest BCUT2D eigenvalue weighted by Crippen LogP contribution is -2.14. The average Bonchev–Trinajstić information content (AvgIpc) is 3.72. The van der Waals surface area contributed by atoms with Crippen molar-refractivity contribution in [3.8, 4) is 27.6 Å². The Hall–Kier alpha value is -5.32. The standard InChI is InChI=1S/C41H27N3S/c1-41(2)30-21-11-8-18-27(30)38-35(41)34-26-17-7-6-16-25(26)33-29-20-10-13-23-32(29)44(37(33)39(34)45-38)40-42-31-22-12-9-19-28(31)36(43-40)24-14-4-3-5-15-24/h3-23H,1-2H3. The van der Waals surface area contributed by atoms with Crippen LogP contribution in [0.1, 0.15) is 25.0 Å². The lowest BCUT2D eigenvalue weighted by atomic mass is 9.80. The number of hydrogen-bond donors (Lipinski definition) is 0. The molecule has 3 aromatic heterocycles.